The molecule has 6 heteroatoms. The first-order chi connectivity index (χ1) is 12.5. The van der Waals surface area contributed by atoms with Crippen LogP contribution in [0.1, 0.15) is 34.6 Å². The van der Waals surface area contributed by atoms with E-state index < -0.39 is 0 Å². The molecule has 3 rings (SSSR count). The van der Waals surface area contributed by atoms with Gasteiger partial charge in [0.05, 0.1) is 17.8 Å². The van der Waals surface area contributed by atoms with Gasteiger partial charge in [-0.25, -0.2) is 0 Å². The molecule has 2 heterocycles. The first-order valence-electron chi connectivity index (χ1n) is 8.97. The highest BCUT2D eigenvalue weighted by Crippen LogP contribution is 2.24. The van der Waals surface area contributed by atoms with Crippen molar-refractivity contribution in [3.05, 3.63) is 51.7 Å². The van der Waals surface area contributed by atoms with E-state index in [-0.39, 0.29) is 11.8 Å². The lowest BCUT2D eigenvalue weighted by molar-refractivity contribution is -0.117. The highest BCUT2D eigenvalue weighted by atomic mass is 32.1. The van der Waals surface area contributed by atoms with Crippen molar-refractivity contribution in [1.29, 1.82) is 0 Å². The van der Waals surface area contributed by atoms with Crippen LogP contribution in [-0.4, -0.2) is 36.3 Å². The lowest BCUT2D eigenvalue weighted by Gasteiger charge is -2.26. The number of carbonyl (C=O) groups is 2. The maximum atomic E-state index is 12.5. The number of nitrogens with zero attached hydrogens (tertiary/aromatic N) is 1. The molecule has 0 spiro atoms. The molecule has 0 fully saturated rings. The van der Waals surface area contributed by atoms with Crippen LogP contribution < -0.4 is 10.6 Å². The number of thiophene rings is 1. The highest BCUT2D eigenvalue weighted by Gasteiger charge is 2.20. The summed E-state index contributed by atoms with van der Waals surface area (Å²) in [5.74, 6) is 0.130. The minimum absolute atomic E-state index is 0.0900. The van der Waals surface area contributed by atoms with Crippen LogP contribution >= 0.6 is 11.3 Å². The van der Waals surface area contributed by atoms with E-state index in [0.717, 1.165) is 19.5 Å². The third-order valence-corrected chi connectivity index (χ3v) is 5.39. The van der Waals surface area contributed by atoms with Gasteiger partial charge in [0.2, 0.25) is 5.91 Å². The largest absolute Gasteiger partial charge is 0.352 e. The fraction of sp³-hybridized carbons (Fsp3) is 0.400. The predicted octanol–water partition coefficient (Wildman–Crippen LogP) is 3.13. The standard InChI is InChI=1S/C20H25N3O2S/c1-14(2)11-21-20(25)16-5-3-4-6-17(16)22-19(24)13-23-9-7-18-15(12-23)8-10-26-18/h3-6,8,10,14H,7,9,11-13H2,1-2H3,(H,21,25)(H,22,24). The normalized spacial score (nSPS) is 14.1. The Morgan fingerprint density at radius 1 is 1.23 bits per heavy atom. The van der Waals surface area contributed by atoms with Crippen LogP contribution in [0.15, 0.2) is 35.7 Å². The molecule has 0 bridgehead atoms. The predicted molar refractivity (Wildman–Crippen MR) is 106 cm³/mol. The zero-order valence-corrected chi connectivity index (χ0v) is 16.1. The van der Waals surface area contributed by atoms with Crippen LogP contribution in [0.3, 0.4) is 0 Å². The van der Waals surface area contributed by atoms with Gasteiger partial charge in [-0.15, -0.1) is 11.3 Å². The second-order valence-electron chi connectivity index (χ2n) is 7.03. The van der Waals surface area contributed by atoms with E-state index in [1.165, 1.54) is 10.4 Å². The van der Waals surface area contributed by atoms with Gasteiger partial charge < -0.3 is 10.6 Å². The molecule has 0 unspecified atom stereocenters. The Morgan fingerprint density at radius 3 is 2.85 bits per heavy atom. The maximum absolute atomic E-state index is 12.5. The summed E-state index contributed by atoms with van der Waals surface area (Å²) in [7, 11) is 0. The molecule has 1 aromatic heterocycles. The van der Waals surface area contributed by atoms with Crippen LogP contribution in [0.2, 0.25) is 0 Å². The third-order valence-electron chi connectivity index (χ3n) is 4.37. The smallest absolute Gasteiger partial charge is 0.253 e. The molecule has 2 N–H and O–H groups in total. The van der Waals surface area contributed by atoms with E-state index in [1.807, 2.05) is 26.0 Å². The average Bonchev–Trinajstić information content (AvgIpc) is 3.07. The molecule has 0 saturated heterocycles. The zero-order chi connectivity index (χ0) is 18.5. The van der Waals surface area contributed by atoms with E-state index in [9.17, 15) is 9.59 Å². The van der Waals surface area contributed by atoms with Crippen molar-refractivity contribution in [3.8, 4) is 0 Å². The fourth-order valence-corrected chi connectivity index (χ4v) is 3.91. The summed E-state index contributed by atoms with van der Waals surface area (Å²) in [5.41, 5.74) is 2.38. The number of nitrogens with one attached hydrogen (secondary N) is 2. The molecular weight excluding hydrogens is 346 g/mol. The number of carbonyl (C=O) groups excluding carboxylic acids is 2. The van der Waals surface area contributed by atoms with Gasteiger partial charge in [-0.3, -0.25) is 14.5 Å². The molecule has 2 aromatic rings. The van der Waals surface area contributed by atoms with E-state index >= 15 is 0 Å². The lowest BCUT2D eigenvalue weighted by Crippen LogP contribution is -2.37. The lowest BCUT2D eigenvalue weighted by atomic mass is 10.1. The molecule has 0 saturated carbocycles. The second kappa shape index (κ2) is 8.47. The molecule has 1 aliphatic rings. The third kappa shape index (κ3) is 4.71. The van der Waals surface area contributed by atoms with Crippen LogP contribution in [0.4, 0.5) is 5.69 Å². The van der Waals surface area contributed by atoms with Crippen molar-refractivity contribution in [2.75, 3.05) is 25.0 Å². The molecular formula is C20H25N3O2S. The van der Waals surface area contributed by atoms with Crippen LogP contribution in [0, 0.1) is 5.92 Å². The van der Waals surface area contributed by atoms with Crippen molar-refractivity contribution in [1.82, 2.24) is 10.2 Å². The summed E-state index contributed by atoms with van der Waals surface area (Å²) in [6, 6.07) is 9.29. The van der Waals surface area contributed by atoms with E-state index in [0.29, 0.717) is 30.3 Å². The van der Waals surface area contributed by atoms with Gasteiger partial charge in [-0.1, -0.05) is 26.0 Å². The van der Waals surface area contributed by atoms with E-state index in [4.69, 9.17) is 0 Å². The SMILES string of the molecule is CC(C)CNC(=O)c1ccccc1NC(=O)CN1CCc2sccc2C1. The summed E-state index contributed by atoms with van der Waals surface area (Å²) in [6.07, 6.45) is 0.995. The van der Waals surface area contributed by atoms with Crippen molar-refractivity contribution in [2.45, 2.75) is 26.8 Å². The summed E-state index contributed by atoms with van der Waals surface area (Å²) < 4.78 is 0. The Balaban J connectivity index is 1.60. The molecule has 0 radical (unpaired) electrons. The topological polar surface area (TPSA) is 61.4 Å². The van der Waals surface area contributed by atoms with Crippen LogP contribution in [0.5, 0.6) is 0 Å². The average molecular weight is 372 g/mol. The van der Waals surface area contributed by atoms with E-state index in [1.54, 1.807) is 23.5 Å². The van der Waals surface area contributed by atoms with Crippen LogP contribution in [-0.2, 0) is 17.8 Å². The highest BCUT2D eigenvalue weighted by molar-refractivity contribution is 7.10. The van der Waals surface area contributed by atoms with Crippen LogP contribution in [0.25, 0.3) is 0 Å². The molecule has 5 nitrogen and oxygen atoms in total. The molecule has 1 aromatic carbocycles. The molecule has 2 amide bonds. The summed E-state index contributed by atoms with van der Waals surface area (Å²) in [4.78, 5) is 28.4. The van der Waals surface area contributed by atoms with Gasteiger partial charge in [0.1, 0.15) is 0 Å². The number of para-hydroxylation sites is 1. The summed E-state index contributed by atoms with van der Waals surface area (Å²) >= 11 is 1.79. The van der Waals surface area contributed by atoms with Gasteiger partial charge in [0.15, 0.2) is 0 Å². The van der Waals surface area contributed by atoms with Gasteiger partial charge >= 0.3 is 0 Å². The Bertz CT molecular complexity index is 785. The summed E-state index contributed by atoms with van der Waals surface area (Å²) in [6.45, 7) is 6.73. The number of hydrogen-bond donors (Lipinski definition) is 2. The monoisotopic (exact) mass is 371 g/mol. The minimum atomic E-state index is -0.157. The number of benzene rings is 1. The Hall–Kier alpha value is -2.18. The molecule has 0 aliphatic carbocycles. The minimum Gasteiger partial charge on any atom is -0.352 e. The Morgan fingerprint density at radius 2 is 2.04 bits per heavy atom. The van der Waals surface area contributed by atoms with Gasteiger partial charge in [-0.2, -0.15) is 0 Å². The molecule has 138 valence electrons. The van der Waals surface area contributed by atoms with Gasteiger partial charge in [0, 0.05) is 24.5 Å². The number of rotatable bonds is 6. The number of amides is 2. The maximum Gasteiger partial charge on any atom is 0.253 e. The number of fused-ring (bicyclic) bond motifs is 1. The Labute approximate surface area is 158 Å². The number of hydrogen-bond acceptors (Lipinski definition) is 4. The molecule has 1 aliphatic heterocycles. The quantitative estimate of drug-likeness (QED) is 0.820. The molecule has 0 atom stereocenters. The molecule has 26 heavy (non-hydrogen) atoms. The first-order valence-corrected chi connectivity index (χ1v) is 9.85. The summed E-state index contributed by atoms with van der Waals surface area (Å²) in [5, 5.41) is 7.92. The van der Waals surface area contributed by atoms with Crippen molar-refractivity contribution in [2.24, 2.45) is 5.92 Å². The van der Waals surface area contributed by atoms with Crippen molar-refractivity contribution < 1.29 is 9.59 Å². The number of anilines is 1. The fourth-order valence-electron chi connectivity index (χ4n) is 3.02. The zero-order valence-electron chi connectivity index (χ0n) is 15.2. The van der Waals surface area contributed by atoms with Crippen molar-refractivity contribution >= 4 is 28.8 Å². The van der Waals surface area contributed by atoms with E-state index in [2.05, 4.69) is 27.0 Å². The Kier molecular flexibility index (Phi) is 6.06. The first kappa shape index (κ1) is 18.6. The van der Waals surface area contributed by atoms with Gasteiger partial charge in [-0.05, 0) is 41.5 Å². The van der Waals surface area contributed by atoms with Crippen molar-refractivity contribution in [3.63, 3.8) is 0 Å². The van der Waals surface area contributed by atoms with Gasteiger partial charge in [0.25, 0.3) is 5.91 Å². The second-order valence-corrected chi connectivity index (χ2v) is 8.03.